The summed E-state index contributed by atoms with van der Waals surface area (Å²) in [5.74, 6) is 0.967. The van der Waals surface area contributed by atoms with Crippen LogP contribution >= 0.6 is 0 Å². The molecule has 0 saturated heterocycles. The molecule has 2 aromatic carbocycles. The molecule has 0 amide bonds. The van der Waals surface area contributed by atoms with Crippen molar-refractivity contribution in [2.75, 3.05) is 0 Å². The molecule has 0 aliphatic carbocycles. The second-order valence-corrected chi connectivity index (χ2v) is 6.76. The van der Waals surface area contributed by atoms with Crippen LogP contribution in [-0.2, 0) is 12.8 Å². The molecule has 0 unspecified atom stereocenters. The van der Waals surface area contributed by atoms with Gasteiger partial charge in [0.1, 0.15) is 5.75 Å². The first-order valence-electron chi connectivity index (χ1n) is 8.44. The Balaban J connectivity index is 1.71. The van der Waals surface area contributed by atoms with Crippen LogP contribution in [0.2, 0.25) is 13.1 Å². The first-order valence-corrected chi connectivity index (χ1v) is 8.44. The number of fused-ring (bicyclic) bond motifs is 1. The van der Waals surface area contributed by atoms with E-state index in [-0.39, 0.29) is 11.9 Å². The predicted molar refractivity (Wildman–Crippen MR) is 96.4 cm³/mol. The normalized spacial score (nSPS) is 13.3. The lowest BCUT2D eigenvalue weighted by atomic mass is 9.48. The first kappa shape index (κ1) is 15.9. The summed E-state index contributed by atoms with van der Waals surface area (Å²) in [7, 11) is 0. The van der Waals surface area contributed by atoms with Gasteiger partial charge in [-0.25, -0.2) is 0 Å². The van der Waals surface area contributed by atoms with Crippen LogP contribution in [0, 0.1) is 0 Å². The number of ether oxygens (including phenoxy) is 1. The van der Waals surface area contributed by atoms with Crippen LogP contribution in [0.1, 0.15) is 35.3 Å². The molecule has 1 aliphatic rings. The van der Waals surface area contributed by atoms with Crippen molar-refractivity contribution in [3.05, 3.63) is 59.2 Å². The van der Waals surface area contributed by atoms with E-state index in [1.54, 1.807) is 0 Å². The molecule has 0 N–H and O–H groups in total. The zero-order valence-electron chi connectivity index (χ0n) is 14.1. The van der Waals surface area contributed by atoms with Crippen molar-refractivity contribution in [1.82, 2.24) is 0 Å². The molecule has 2 nitrogen and oxygen atoms in total. The molecule has 23 heavy (non-hydrogen) atoms. The molecule has 0 radical (unpaired) electrons. The highest BCUT2D eigenvalue weighted by Crippen LogP contribution is 2.18. The van der Waals surface area contributed by atoms with Gasteiger partial charge >= 0.3 is 0 Å². The van der Waals surface area contributed by atoms with Crippen molar-refractivity contribution < 1.29 is 9.53 Å². The molecule has 3 rings (SSSR count). The molecular weight excluding hydrogens is 283 g/mol. The zero-order chi connectivity index (χ0) is 16.4. The van der Waals surface area contributed by atoms with Crippen LogP contribution < -0.4 is 10.2 Å². The lowest BCUT2D eigenvalue weighted by Crippen LogP contribution is -2.23. The van der Waals surface area contributed by atoms with Crippen molar-refractivity contribution in [2.24, 2.45) is 0 Å². The van der Waals surface area contributed by atoms with Gasteiger partial charge in [0, 0.05) is 12.0 Å². The van der Waals surface area contributed by atoms with Crippen molar-refractivity contribution in [2.45, 2.75) is 45.9 Å². The van der Waals surface area contributed by atoms with E-state index in [1.807, 2.05) is 38.1 Å². The van der Waals surface area contributed by atoms with Gasteiger partial charge in [-0.2, -0.15) is 0 Å². The topological polar surface area (TPSA) is 26.3 Å². The molecule has 2 aromatic rings. The van der Waals surface area contributed by atoms with E-state index in [9.17, 15) is 4.79 Å². The second-order valence-electron chi connectivity index (χ2n) is 6.76. The zero-order valence-corrected chi connectivity index (χ0v) is 14.1. The van der Waals surface area contributed by atoms with E-state index in [0.29, 0.717) is 13.1 Å². The van der Waals surface area contributed by atoms with Gasteiger partial charge in [0.25, 0.3) is 0 Å². The van der Waals surface area contributed by atoms with E-state index in [4.69, 9.17) is 4.74 Å². The molecule has 0 saturated carbocycles. The third kappa shape index (κ3) is 3.66. The smallest absolute Gasteiger partial charge is 0.173 e. The van der Waals surface area contributed by atoms with Crippen LogP contribution in [0.25, 0.3) is 0 Å². The van der Waals surface area contributed by atoms with Gasteiger partial charge in [-0.3, -0.25) is 4.79 Å². The van der Waals surface area contributed by atoms with Gasteiger partial charge < -0.3 is 4.74 Å². The molecular formula is C20H23BO2. The third-order valence-electron chi connectivity index (χ3n) is 4.50. The molecule has 0 fully saturated rings. The van der Waals surface area contributed by atoms with Gasteiger partial charge in [0.15, 0.2) is 12.5 Å². The fraction of sp³-hybridized carbons (Fsp3) is 0.350. The standard InChI is InChI=1S/C20H23BO2/c1-14(2)23-18-8-6-17(7-9-18)20(22)13-15-4-5-16-10-11-21(3)19(16)12-15/h4-9,12,14H,10-11,13H2,1-3H3. The minimum absolute atomic E-state index is 0.143. The maximum atomic E-state index is 12.5. The summed E-state index contributed by atoms with van der Waals surface area (Å²) in [6, 6.07) is 14.0. The molecule has 0 atom stereocenters. The Morgan fingerprint density at radius 2 is 1.91 bits per heavy atom. The fourth-order valence-corrected chi connectivity index (χ4v) is 3.25. The lowest BCUT2D eigenvalue weighted by Gasteiger charge is -2.10. The molecule has 0 aromatic heterocycles. The number of aryl methyl sites for hydroxylation is 1. The van der Waals surface area contributed by atoms with Crippen LogP contribution in [0.4, 0.5) is 0 Å². The largest absolute Gasteiger partial charge is 0.491 e. The third-order valence-corrected chi connectivity index (χ3v) is 4.50. The Morgan fingerprint density at radius 1 is 1.17 bits per heavy atom. The minimum atomic E-state index is 0.143. The summed E-state index contributed by atoms with van der Waals surface area (Å²) >= 11 is 0. The maximum absolute atomic E-state index is 12.5. The average molecular weight is 306 g/mol. The second kappa shape index (κ2) is 6.61. The summed E-state index contributed by atoms with van der Waals surface area (Å²) in [4.78, 5) is 12.5. The fourth-order valence-electron chi connectivity index (χ4n) is 3.25. The van der Waals surface area contributed by atoms with Gasteiger partial charge in [-0.15, -0.1) is 0 Å². The monoisotopic (exact) mass is 306 g/mol. The van der Waals surface area contributed by atoms with Crippen molar-refractivity contribution in [3.63, 3.8) is 0 Å². The molecule has 3 heteroatoms. The number of carbonyl (C=O) groups is 1. The van der Waals surface area contributed by atoms with E-state index in [2.05, 4.69) is 25.0 Å². The Labute approximate surface area is 139 Å². The van der Waals surface area contributed by atoms with E-state index in [0.717, 1.165) is 16.9 Å². The van der Waals surface area contributed by atoms with Crippen LogP contribution in [0.15, 0.2) is 42.5 Å². The van der Waals surface area contributed by atoms with Crippen LogP contribution in [0.5, 0.6) is 5.75 Å². The Kier molecular flexibility index (Phi) is 4.56. The molecule has 0 bridgehead atoms. The van der Waals surface area contributed by atoms with Gasteiger partial charge in [-0.1, -0.05) is 42.4 Å². The summed E-state index contributed by atoms with van der Waals surface area (Å²) < 4.78 is 5.62. The van der Waals surface area contributed by atoms with E-state index < -0.39 is 0 Å². The molecule has 1 heterocycles. The Morgan fingerprint density at radius 3 is 2.61 bits per heavy atom. The molecule has 118 valence electrons. The Bertz CT molecular complexity index is 704. The number of hydrogen-bond donors (Lipinski definition) is 0. The SMILES string of the molecule is CB1CCc2ccc(CC(=O)c3ccc(OC(C)C)cc3)cc21. The highest BCUT2D eigenvalue weighted by atomic mass is 16.5. The summed E-state index contributed by atoms with van der Waals surface area (Å²) in [6.07, 6.45) is 3.00. The summed E-state index contributed by atoms with van der Waals surface area (Å²) in [6.45, 7) is 6.87. The van der Waals surface area contributed by atoms with Crippen LogP contribution in [0.3, 0.4) is 0 Å². The predicted octanol–water partition coefficient (Wildman–Crippen LogP) is 3.79. The summed E-state index contributed by atoms with van der Waals surface area (Å²) in [5.41, 5.74) is 4.74. The van der Waals surface area contributed by atoms with Crippen LogP contribution in [-0.4, -0.2) is 18.6 Å². The number of rotatable bonds is 5. The number of hydrogen-bond acceptors (Lipinski definition) is 2. The highest BCUT2D eigenvalue weighted by molar-refractivity contribution is 6.73. The van der Waals surface area contributed by atoms with Gasteiger partial charge in [0.05, 0.1) is 6.10 Å². The first-order chi connectivity index (χ1) is 11.0. The molecule has 1 aliphatic heterocycles. The Hall–Kier alpha value is -2.03. The quantitative estimate of drug-likeness (QED) is 0.620. The van der Waals surface area contributed by atoms with E-state index in [1.165, 1.54) is 23.8 Å². The highest BCUT2D eigenvalue weighted by Gasteiger charge is 2.21. The lowest BCUT2D eigenvalue weighted by molar-refractivity contribution is 0.0993. The number of Topliss-reactive ketones (excluding diaryl/α,β-unsaturated/α-hetero) is 1. The summed E-state index contributed by atoms with van der Waals surface area (Å²) in [5, 5.41) is 0. The van der Waals surface area contributed by atoms with Gasteiger partial charge in [-0.05, 0) is 50.1 Å². The minimum Gasteiger partial charge on any atom is -0.491 e. The number of benzene rings is 2. The van der Waals surface area contributed by atoms with Crippen molar-refractivity contribution in [1.29, 1.82) is 0 Å². The maximum Gasteiger partial charge on any atom is 0.173 e. The van der Waals surface area contributed by atoms with Crippen molar-refractivity contribution >= 4 is 18.0 Å². The average Bonchev–Trinajstić information content (AvgIpc) is 2.88. The number of carbonyl (C=O) groups excluding carboxylic acids is 1. The van der Waals surface area contributed by atoms with Gasteiger partial charge in [0.2, 0.25) is 0 Å². The van der Waals surface area contributed by atoms with Crippen molar-refractivity contribution in [3.8, 4) is 5.75 Å². The van der Waals surface area contributed by atoms with E-state index >= 15 is 0 Å². The number of ketones is 1. The molecule has 0 spiro atoms.